The van der Waals surface area contributed by atoms with E-state index in [4.69, 9.17) is 24.9 Å². The van der Waals surface area contributed by atoms with E-state index in [-0.39, 0.29) is 11.4 Å². The van der Waals surface area contributed by atoms with E-state index < -0.39 is 0 Å². The Labute approximate surface area is 739 Å². The van der Waals surface area contributed by atoms with E-state index in [9.17, 15) is 9.59 Å². The van der Waals surface area contributed by atoms with Gasteiger partial charge < -0.3 is 49.8 Å². The largest absolute Gasteiger partial charge is 0.343 e. The highest BCUT2D eigenvalue weighted by atomic mass is 16.2. The predicted molar refractivity (Wildman–Crippen MR) is 503 cm³/mol. The van der Waals surface area contributed by atoms with Crippen LogP contribution in [0.3, 0.4) is 0 Å². The summed E-state index contributed by atoms with van der Waals surface area (Å²) in [6.45, 7) is 0. The van der Waals surface area contributed by atoms with Crippen LogP contribution in [0.15, 0.2) is 279 Å². The Kier molecular flexibility index (Phi) is 16.1. The van der Waals surface area contributed by atoms with Crippen LogP contribution >= 0.6 is 0 Å². The molecule has 11 aromatic carbocycles. The zero-order chi connectivity index (χ0) is 88.3. The molecule has 0 amide bonds. The molecule has 10 N–H and O–H groups in total. The van der Waals surface area contributed by atoms with Crippen molar-refractivity contribution < 1.29 is 0 Å². The third-order valence-corrected chi connectivity index (χ3v) is 23.2. The minimum Gasteiger partial charge on any atom is -0.343 e. The molecule has 0 saturated heterocycles. The number of hydrogen-bond donors (Lipinski definition) is 10. The van der Waals surface area contributed by atoms with Crippen molar-refractivity contribution in [2.24, 2.45) is 0 Å². The molecule has 0 aliphatic carbocycles. The van der Waals surface area contributed by atoms with Crippen LogP contribution in [-0.2, 0) is 0 Å². The highest BCUT2D eigenvalue weighted by molar-refractivity contribution is 6.21. The summed E-state index contributed by atoms with van der Waals surface area (Å²) in [6, 6.07) is 62.9. The van der Waals surface area contributed by atoms with E-state index in [2.05, 4.69) is 176 Å². The summed E-state index contributed by atoms with van der Waals surface area (Å²) in [7, 11) is 0. The van der Waals surface area contributed by atoms with Gasteiger partial charge in [0, 0.05) is 37.2 Å². The van der Waals surface area contributed by atoms with Gasteiger partial charge in [0.25, 0.3) is 0 Å². The van der Waals surface area contributed by atoms with Crippen LogP contribution in [0.25, 0.3) is 257 Å². The van der Waals surface area contributed by atoms with E-state index in [0.717, 1.165) is 144 Å². The van der Waals surface area contributed by atoms with Gasteiger partial charge in [0.15, 0.2) is 33.9 Å². The lowest BCUT2D eigenvalue weighted by atomic mass is 10.2. The molecule has 42 nitrogen and oxygen atoms in total. The van der Waals surface area contributed by atoms with Gasteiger partial charge in [-0.2, -0.15) is 0 Å². The molecular formula is C92H54N40O2. The lowest BCUT2D eigenvalue weighted by molar-refractivity contribution is 0.863. The first-order chi connectivity index (χ1) is 66.3. The molecule has 0 bridgehead atoms. The molecular weight excluding hydrogens is 1700 g/mol. The number of H-pyrrole nitrogens is 10. The second kappa shape index (κ2) is 29.1. The Hall–Kier alpha value is -20.4. The van der Waals surface area contributed by atoms with Crippen molar-refractivity contribution in [3.63, 3.8) is 0 Å². The molecule has 21 aromatic heterocycles. The fourth-order valence-corrected chi connectivity index (χ4v) is 17.5. The van der Waals surface area contributed by atoms with Crippen LogP contribution in [0.2, 0.25) is 0 Å². The Balaban J connectivity index is 0.0000000830. The molecule has 134 heavy (non-hydrogen) atoms. The first-order valence-electron chi connectivity index (χ1n) is 41.7. The number of hydrogen-bond acceptors (Lipinski definition) is 26. The Morgan fingerprint density at radius 1 is 0.224 bits per heavy atom. The van der Waals surface area contributed by atoms with Crippen LogP contribution in [0, 0.1) is 0 Å². The zero-order valence-electron chi connectivity index (χ0n) is 68.6. The Morgan fingerprint density at radius 3 is 1.04 bits per heavy atom. The maximum absolute atomic E-state index is 12.8. The number of nitrogens with one attached hydrogen (secondary N) is 10. The third kappa shape index (κ3) is 11.5. The average molecular weight is 1750 g/mol. The second-order valence-corrected chi connectivity index (χ2v) is 30.8. The molecule has 0 aliphatic heterocycles. The van der Waals surface area contributed by atoms with Gasteiger partial charge in [0.1, 0.15) is 84.4 Å². The molecule has 0 atom stereocenters. The van der Waals surface area contributed by atoms with Crippen LogP contribution in [0.4, 0.5) is 0 Å². The molecule has 21 heterocycles. The van der Waals surface area contributed by atoms with E-state index in [1.807, 2.05) is 180 Å². The zero-order valence-corrected chi connectivity index (χ0v) is 68.6. The molecule has 0 unspecified atom stereocenters. The summed E-state index contributed by atoms with van der Waals surface area (Å²) in [5, 5.41) is 0. The average Bonchev–Trinajstić information content (AvgIpc) is 1.58. The van der Waals surface area contributed by atoms with Gasteiger partial charge in [-0.1, -0.05) is 97.1 Å². The summed E-state index contributed by atoms with van der Waals surface area (Å²) < 4.78 is 11.4. The number of nitrogens with zero attached hydrogens (tertiary/aromatic N) is 30. The number of rotatable bonds is 3. The van der Waals surface area contributed by atoms with Gasteiger partial charge in [-0.05, 0) is 97.1 Å². The maximum Gasteiger partial charge on any atom is 0.333 e. The van der Waals surface area contributed by atoms with Crippen molar-refractivity contribution in [1.82, 2.24) is 196 Å². The summed E-state index contributed by atoms with van der Waals surface area (Å²) in [4.78, 5) is 163. The summed E-state index contributed by atoms with van der Waals surface area (Å²) >= 11 is 0. The van der Waals surface area contributed by atoms with E-state index in [1.54, 1.807) is 71.6 Å². The molecule has 634 valence electrons. The smallest absolute Gasteiger partial charge is 0.333 e. The normalized spacial score (nSPS) is 11.9. The molecule has 0 aliphatic rings. The highest BCUT2D eigenvalue weighted by Crippen LogP contribution is 2.36. The predicted octanol–water partition coefficient (Wildman–Crippen LogP) is 13.8. The summed E-state index contributed by atoms with van der Waals surface area (Å²) in [5.41, 5.74) is 30.4. The fraction of sp³-hybridized carbons (Fsp3) is 0. The molecule has 0 radical (unpaired) electrons. The van der Waals surface area contributed by atoms with E-state index >= 15 is 0 Å². The van der Waals surface area contributed by atoms with Gasteiger partial charge in [-0.15, -0.1) is 0 Å². The van der Waals surface area contributed by atoms with E-state index in [0.29, 0.717) is 112 Å². The lowest BCUT2D eigenvalue weighted by Crippen LogP contribution is -2.19. The molecule has 32 rings (SSSR count). The molecule has 0 spiro atoms. The second-order valence-electron chi connectivity index (χ2n) is 30.8. The van der Waals surface area contributed by atoms with Gasteiger partial charge in [-0.25, -0.2) is 126 Å². The topological polar surface area (TPSA) is 529 Å². The fourth-order valence-electron chi connectivity index (χ4n) is 17.5. The maximum atomic E-state index is 12.8. The molecule has 42 heteroatoms. The Bertz CT molecular complexity index is 9480. The molecule has 0 fully saturated rings. The highest BCUT2D eigenvalue weighted by Gasteiger charge is 2.26. The van der Waals surface area contributed by atoms with Crippen molar-refractivity contribution in [1.29, 1.82) is 0 Å². The number of aromatic amines is 10. The van der Waals surface area contributed by atoms with Gasteiger partial charge >= 0.3 is 11.4 Å². The monoisotopic (exact) mass is 1750 g/mol. The van der Waals surface area contributed by atoms with Gasteiger partial charge in [0.05, 0.1) is 141 Å². The Morgan fingerprint density at radius 2 is 0.575 bits per heavy atom. The van der Waals surface area contributed by atoms with Crippen LogP contribution in [0.1, 0.15) is 0 Å². The minimum absolute atomic E-state index is 0.194. The number of benzene rings is 11. The quantitative estimate of drug-likeness (QED) is 0.0734. The van der Waals surface area contributed by atoms with Crippen LogP contribution in [-0.4, -0.2) is 196 Å². The molecule has 0 saturated carbocycles. The third-order valence-electron chi connectivity index (χ3n) is 23.2. The SMILES string of the molecule is O=c1[nH]c2ccccc2n1-c1nc2ccccc2[nH]1.O=c1[nH]c2ccccc2n1-c1nc2ccccc2n1-c1nc2ccccc2[nH]1.c1ccc2c(c1)nc1n2c2nc3ccccc3n2c2nc3ccccc3n12.c1cnc2c(n1)c1nccnc1c1nccnc21.c1nc2c3nc[nH]c3c3[nH]cnc3c2[nH]1.c1nc2nc3c4nc5ncnc5nc4c4[nH]c5[nH]cnc5[nH]c4c3nc2n1. The number of aromatic nitrogens is 40. The number of para-hydroxylation sites is 16. The van der Waals surface area contributed by atoms with Gasteiger partial charge in [-0.3, -0.25) is 29.9 Å². The van der Waals surface area contributed by atoms with Crippen molar-refractivity contribution in [2.45, 2.75) is 0 Å². The van der Waals surface area contributed by atoms with Crippen LogP contribution < -0.4 is 11.4 Å². The standard InChI is InChI=1S/C21H14N6O.C21H12N6.C15H6N12.C14H10N4O.C12H6N6.C9H6N6/c28-21-25-16-10-4-6-12-18(16)27(21)20-24-15-9-3-5-11-17(15)26(20)19-22-13-7-1-2-8-14(13)23-19;1-4-10-16-13(7-1)22-19-25(16)20-23-15-9-3-6-12-18(15)27(20)21-24-14-8-2-5-11-17(14)26(19)21;1-16-10-11(17-1)23-5-4(22-10)6-8(26-14-12(24-6)18-2-20-14)9-7(5)25-13-15(27-9)21-3-19-13;19-14-17-11-7-3-4-8-12(11)18(14)13-15-9-5-1-2-6-10(9)16-13;1-2-14-8-7(13-1)9-11(17-4-3-15-9)12-10(8)16-5-6-18-12;1-10-4-5(11-1)7-9(15-3-13-7)8-6(4)12-2-14-8/h1-12H,(H,22,23)(H,25,28);1-12H;1-3,22-23H,(H,16,17);1-8H,(H,15,16)(H,17,19);1-6H;1-3H,(H,10,11)(H,12,14)(H,13,15). The minimum atomic E-state index is -0.242. The van der Waals surface area contributed by atoms with E-state index in [1.165, 1.54) is 12.7 Å². The van der Waals surface area contributed by atoms with Crippen molar-refractivity contribution in [2.75, 3.05) is 0 Å². The van der Waals surface area contributed by atoms with Crippen molar-refractivity contribution in [3.05, 3.63) is 290 Å². The van der Waals surface area contributed by atoms with Gasteiger partial charge in [0.2, 0.25) is 35.2 Å². The lowest BCUT2D eigenvalue weighted by Gasteiger charge is -2.08. The van der Waals surface area contributed by atoms with Crippen LogP contribution in [0.5, 0.6) is 0 Å². The molecule has 32 aromatic rings. The first kappa shape index (κ1) is 73.9. The van der Waals surface area contributed by atoms with Crippen molar-refractivity contribution >= 4 is 239 Å². The first-order valence-corrected chi connectivity index (χ1v) is 41.7. The number of fused-ring (bicyclic) bond motifs is 38. The summed E-state index contributed by atoms with van der Waals surface area (Å²) in [6.07, 6.45) is 19.3. The van der Waals surface area contributed by atoms with Crippen molar-refractivity contribution in [3.8, 4) is 17.8 Å². The number of imidazole rings is 14. The summed E-state index contributed by atoms with van der Waals surface area (Å²) in [5.74, 6) is 4.10.